The molecule has 0 unspecified atom stereocenters. The summed E-state index contributed by atoms with van der Waals surface area (Å²) in [5, 5.41) is 2.96. The number of alkyl halides is 3. The van der Waals surface area contributed by atoms with E-state index in [2.05, 4.69) is 21.2 Å². The van der Waals surface area contributed by atoms with Gasteiger partial charge in [0.25, 0.3) is 0 Å². The van der Waals surface area contributed by atoms with E-state index in [-0.39, 0.29) is 6.42 Å². The third kappa shape index (κ3) is 5.93. The molecule has 1 aromatic carbocycles. The van der Waals surface area contributed by atoms with Crippen LogP contribution >= 0.6 is 15.9 Å². The first-order valence-electron chi connectivity index (χ1n) is 5.20. The average molecular weight is 311 g/mol. The Morgan fingerprint density at radius 3 is 2.59 bits per heavy atom. The third-order valence-corrected chi connectivity index (χ3v) is 2.89. The topological polar surface area (TPSA) is 38.0 Å². The molecule has 0 saturated carbocycles. The van der Waals surface area contributed by atoms with Crippen LogP contribution in [0.25, 0.3) is 0 Å². The van der Waals surface area contributed by atoms with Crippen LogP contribution < -0.4 is 11.1 Å². The van der Waals surface area contributed by atoms with Gasteiger partial charge in [0.1, 0.15) is 0 Å². The quantitative estimate of drug-likeness (QED) is 0.645. The first kappa shape index (κ1) is 14.3. The lowest BCUT2D eigenvalue weighted by atomic mass is 10.2. The normalized spacial score (nSPS) is 11.8. The van der Waals surface area contributed by atoms with Crippen LogP contribution in [0, 0.1) is 0 Å². The van der Waals surface area contributed by atoms with Crippen LogP contribution in [-0.2, 0) is 6.54 Å². The van der Waals surface area contributed by atoms with Gasteiger partial charge in [-0.2, -0.15) is 13.2 Å². The van der Waals surface area contributed by atoms with E-state index in [1.807, 2.05) is 12.1 Å². The van der Waals surface area contributed by atoms with Crippen LogP contribution in [0.3, 0.4) is 0 Å². The summed E-state index contributed by atoms with van der Waals surface area (Å²) < 4.78 is 36.4. The lowest BCUT2D eigenvalue weighted by molar-refractivity contribution is -0.135. The van der Waals surface area contributed by atoms with Crippen LogP contribution in [-0.4, -0.2) is 12.7 Å². The van der Waals surface area contributed by atoms with Gasteiger partial charge in [-0.1, -0.05) is 6.07 Å². The molecule has 0 atom stereocenters. The summed E-state index contributed by atoms with van der Waals surface area (Å²) >= 11 is 3.29. The molecule has 0 aliphatic carbocycles. The van der Waals surface area contributed by atoms with Gasteiger partial charge in [0.05, 0.1) is 0 Å². The fourth-order valence-electron chi connectivity index (χ4n) is 1.33. The van der Waals surface area contributed by atoms with Gasteiger partial charge in [-0.3, -0.25) is 0 Å². The van der Waals surface area contributed by atoms with Gasteiger partial charge in [-0.25, -0.2) is 0 Å². The lowest BCUT2D eigenvalue weighted by Gasteiger charge is -2.08. The minimum atomic E-state index is -4.06. The molecular weight excluding hydrogens is 297 g/mol. The van der Waals surface area contributed by atoms with Gasteiger partial charge in [0, 0.05) is 23.1 Å². The maximum Gasteiger partial charge on any atom is 0.389 e. The Morgan fingerprint density at radius 1 is 1.29 bits per heavy atom. The highest BCUT2D eigenvalue weighted by molar-refractivity contribution is 9.10. The van der Waals surface area contributed by atoms with Gasteiger partial charge in [0.2, 0.25) is 0 Å². The highest BCUT2D eigenvalue weighted by Gasteiger charge is 2.25. The van der Waals surface area contributed by atoms with Crippen molar-refractivity contribution in [3.05, 3.63) is 28.2 Å². The van der Waals surface area contributed by atoms with Gasteiger partial charge in [-0.05, 0) is 46.6 Å². The highest BCUT2D eigenvalue weighted by Crippen LogP contribution is 2.21. The number of halogens is 4. The number of nitrogens with two attached hydrogens (primary N) is 1. The van der Waals surface area contributed by atoms with Gasteiger partial charge in [-0.15, -0.1) is 0 Å². The summed E-state index contributed by atoms with van der Waals surface area (Å²) in [5.74, 6) is 0. The van der Waals surface area contributed by atoms with E-state index in [0.717, 1.165) is 10.0 Å². The number of nitrogens with one attached hydrogen (secondary N) is 1. The molecule has 1 rings (SSSR count). The third-order valence-electron chi connectivity index (χ3n) is 2.21. The molecule has 1 aromatic rings. The maximum absolute atomic E-state index is 11.9. The van der Waals surface area contributed by atoms with Crippen LogP contribution in [0.5, 0.6) is 0 Å². The molecule has 0 aliphatic rings. The Kier molecular flexibility index (Phi) is 5.27. The van der Waals surface area contributed by atoms with E-state index in [0.29, 0.717) is 18.8 Å². The molecule has 2 nitrogen and oxygen atoms in total. The summed E-state index contributed by atoms with van der Waals surface area (Å²) in [6, 6.07) is 5.46. The number of anilines is 1. The monoisotopic (exact) mass is 310 g/mol. The van der Waals surface area contributed by atoms with Crippen LogP contribution in [0.15, 0.2) is 22.7 Å². The fourth-order valence-corrected chi connectivity index (χ4v) is 1.75. The van der Waals surface area contributed by atoms with Crippen molar-refractivity contribution < 1.29 is 13.2 Å². The zero-order chi connectivity index (χ0) is 12.9. The molecular formula is C11H14BrF3N2. The molecule has 0 fully saturated rings. The Morgan fingerprint density at radius 2 is 2.00 bits per heavy atom. The standard InChI is InChI=1S/C11H14BrF3N2/c12-9-6-8(2-3-10(9)16)7-17-5-1-4-11(13,14)15/h2-3,6,17H,1,4-5,7,16H2. The van der Waals surface area contributed by atoms with Crippen LogP contribution in [0.4, 0.5) is 18.9 Å². The molecule has 0 radical (unpaired) electrons. The first-order chi connectivity index (χ1) is 7.88. The van der Waals surface area contributed by atoms with Crippen molar-refractivity contribution in [3.8, 4) is 0 Å². The Labute approximate surface area is 107 Å². The lowest BCUT2D eigenvalue weighted by Crippen LogP contribution is -2.17. The number of nitrogen functional groups attached to an aromatic ring is 1. The fraction of sp³-hybridized carbons (Fsp3) is 0.455. The smallest absolute Gasteiger partial charge is 0.389 e. The number of hydrogen-bond acceptors (Lipinski definition) is 2. The van der Waals surface area contributed by atoms with E-state index in [9.17, 15) is 13.2 Å². The van der Waals surface area contributed by atoms with E-state index in [1.54, 1.807) is 6.07 Å². The molecule has 0 aromatic heterocycles. The Balaban J connectivity index is 2.25. The SMILES string of the molecule is Nc1ccc(CNCCCC(F)(F)F)cc1Br. The van der Waals surface area contributed by atoms with E-state index in [4.69, 9.17) is 5.73 Å². The molecule has 6 heteroatoms. The summed E-state index contributed by atoms with van der Waals surface area (Å²) in [5.41, 5.74) is 7.25. The summed E-state index contributed by atoms with van der Waals surface area (Å²) in [4.78, 5) is 0. The van der Waals surface area contributed by atoms with E-state index >= 15 is 0 Å². The number of benzene rings is 1. The molecule has 0 aliphatic heterocycles. The van der Waals surface area contributed by atoms with Gasteiger partial charge < -0.3 is 11.1 Å². The van der Waals surface area contributed by atoms with Gasteiger partial charge >= 0.3 is 6.18 Å². The van der Waals surface area contributed by atoms with Crippen molar-refractivity contribution in [3.63, 3.8) is 0 Å². The van der Waals surface area contributed by atoms with E-state index in [1.165, 1.54) is 0 Å². The van der Waals surface area contributed by atoms with E-state index < -0.39 is 12.6 Å². The van der Waals surface area contributed by atoms with Crippen molar-refractivity contribution in [1.82, 2.24) is 5.32 Å². The summed E-state index contributed by atoms with van der Waals surface area (Å²) in [6.07, 6.45) is -4.71. The molecule has 0 saturated heterocycles. The highest BCUT2D eigenvalue weighted by atomic mass is 79.9. The van der Waals surface area contributed by atoms with Crippen molar-refractivity contribution in [2.45, 2.75) is 25.6 Å². The van der Waals surface area contributed by atoms with Crippen molar-refractivity contribution in [2.24, 2.45) is 0 Å². The molecule has 0 spiro atoms. The first-order valence-corrected chi connectivity index (χ1v) is 5.99. The molecule has 17 heavy (non-hydrogen) atoms. The zero-order valence-corrected chi connectivity index (χ0v) is 10.7. The second kappa shape index (κ2) is 6.26. The molecule has 96 valence electrons. The maximum atomic E-state index is 11.9. The predicted molar refractivity (Wildman–Crippen MR) is 65.6 cm³/mol. The predicted octanol–water partition coefficient (Wildman–Crippen LogP) is 3.46. The summed E-state index contributed by atoms with van der Waals surface area (Å²) in [7, 11) is 0. The molecule has 0 heterocycles. The summed E-state index contributed by atoms with van der Waals surface area (Å²) in [6.45, 7) is 0.887. The van der Waals surface area contributed by atoms with Crippen LogP contribution in [0.1, 0.15) is 18.4 Å². The Bertz CT molecular complexity index is 366. The number of hydrogen-bond donors (Lipinski definition) is 2. The van der Waals surface area contributed by atoms with Gasteiger partial charge in [0.15, 0.2) is 0 Å². The average Bonchev–Trinajstić information content (AvgIpc) is 2.21. The van der Waals surface area contributed by atoms with Crippen molar-refractivity contribution >= 4 is 21.6 Å². The minimum Gasteiger partial charge on any atom is -0.398 e. The molecule has 0 amide bonds. The van der Waals surface area contributed by atoms with Crippen molar-refractivity contribution in [2.75, 3.05) is 12.3 Å². The van der Waals surface area contributed by atoms with Crippen molar-refractivity contribution in [1.29, 1.82) is 0 Å². The Hall–Kier alpha value is -0.750. The van der Waals surface area contributed by atoms with Crippen LogP contribution in [0.2, 0.25) is 0 Å². The number of rotatable bonds is 5. The zero-order valence-electron chi connectivity index (χ0n) is 9.15. The minimum absolute atomic E-state index is 0.0969. The second-order valence-electron chi connectivity index (χ2n) is 3.75. The second-order valence-corrected chi connectivity index (χ2v) is 4.61. The molecule has 0 bridgehead atoms. The molecule has 3 N–H and O–H groups in total. The largest absolute Gasteiger partial charge is 0.398 e.